The molecule has 0 spiro atoms. The molecule has 0 aromatic heterocycles. The number of rotatable bonds is 8. The molecule has 7 heteroatoms. The van der Waals surface area contributed by atoms with E-state index in [1.54, 1.807) is 25.3 Å². The van der Waals surface area contributed by atoms with Crippen molar-refractivity contribution in [2.75, 3.05) is 13.7 Å². The summed E-state index contributed by atoms with van der Waals surface area (Å²) in [5.41, 5.74) is 1.95. The standard InChI is InChI=1S/C19H24N2O4S/c1-14-9-10-18(25-3)17(13-14)15(2)21-19(22)11-12-20-26(23,24)16-7-5-4-6-8-16/h4-10,13,15,20H,11-12H2,1-3H3,(H,21,22)/t15-/m1/s1. The predicted octanol–water partition coefficient (Wildman–Crippen LogP) is 2.55. The molecule has 6 nitrogen and oxygen atoms in total. The molecule has 140 valence electrons. The molecule has 0 aliphatic carbocycles. The smallest absolute Gasteiger partial charge is 0.240 e. The van der Waals surface area contributed by atoms with E-state index in [1.165, 1.54) is 12.1 Å². The summed E-state index contributed by atoms with van der Waals surface area (Å²) in [5.74, 6) is 0.463. The molecule has 2 aromatic rings. The second-order valence-electron chi connectivity index (χ2n) is 6.00. The van der Waals surface area contributed by atoms with Gasteiger partial charge in [-0.15, -0.1) is 0 Å². The van der Waals surface area contributed by atoms with Crippen LogP contribution < -0.4 is 14.8 Å². The molecule has 0 saturated heterocycles. The first-order valence-electron chi connectivity index (χ1n) is 8.32. The average Bonchev–Trinajstić information content (AvgIpc) is 2.62. The maximum atomic E-state index is 12.1. The number of nitrogens with one attached hydrogen (secondary N) is 2. The maximum Gasteiger partial charge on any atom is 0.240 e. The fourth-order valence-corrected chi connectivity index (χ4v) is 3.62. The zero-order valence-electron chi connectivity index (χ0n) is 15.2. The average molecular weight is 376 g/mol. The monoisotopic (exact) mass is 376 g/mol. The first-order chi connectivity index (χ1) is 12.3. The summed E-state index contributed by atoms with van der Waals surface area (Å²) in [6.07, 6.45) is 0.0462. The Morgan fingerprint density at radius 2 is 1.85 bits per heavy atom. The van der Waals surface area contributed by atoms with Crippen molar-refractivity contribution in [1.82, 2.24) is 10.0 Å². The third-order valence-corrected chi connectivity index (χ3v) is 5.40. The van der Waals surface area contributed by atoms with Crippen molar-refractivity contribution in [3.63, 3.8) is 0 Å². The van der Waals surface area contributed by atoms with E-state index < -0.39 is 10.0 Å². The second-order valence-corrected chi connectivity index (χ2v) is 7.76. The zero-order chi connectivity index (χ0) is 19.2. The Morgan fingerprint density at radius 1 is 1.15 bits per heavy atom. The molecule has 0 fully saturated rings. The van der Waals surface area contributed by atoms with Gasteiger partial charge < -0.3 is 10.1 Å². The first kappa shape index (κ1) is 19.9. The molecular weight excluding hydrogens is 352 g/mol. The van der Waals surface area contributed by atoms with Crippen LogP contribution in [0.25, 0.3) is 0 Å². The van der Waals surface area contributed by atoms with E-state index in [4.69, 9.17) is 4.74 Å². The summed E-state index contributed by atoms with van der Waals surface area (Å²) in [4.78, 5) is 12.3. The number of methoxy groups -OCH3 is 1. The highest BCUT2D eigenvalue weighted by molar-refractivity contribution is 7.89. The van der Waals surface area contributed by atoms with Gasteiger partial charge in [-0.1, -0.05) is 35.9 Å². The predicted molar refractivity (Wildman–Crippen MR) is 101 cm³/mol. The molecule has 1 atom stereocenters. The molecule has 0 aliphatic heterocycles. The summed E-state index contributed by atoms with van der Waals surface area (Å²) in [6.45, 7) is 3.86. The number of carbonyl (C=O) groups is 1. The SMILES string of the molecule is COc1ccc(C)cc1[C@@H](C)NC(=O)CCNS(=O)(=O)c1ccccc1. The molecule has 1 amide bonds. The minimum atomic E-state index is -3.60. The topological polar surface area (TPSA) is 84.5 Å². The summed E-state index contributed by atoms with van der Waals surface area (Å²) in [7, 11) is -2.02. The largest absolute Gasteiger partial charge is 0.496 e. The van der Waals surface area contributed by atoms with E-state index in [-0.39, 0.29) is 29.8 Å². The molecule has 0 heterocycles. The summed E-state index contributed by atoms with van der Waals surface area (Å²) in [6, 6.07) is 13.6. The minimum absolute atomic E-state index is 0.0285. The van der Waals surface area contributed by atoms with Crippen molar-refractivity contribution in [2.45, 2.75) is 31.2 Å². The molecule has 2 N–H and O–H groups in total. The van der Waals surface area contributed by atoms with Crippen LogP contribution in [0.4, 0.5) is 0 Å². The fraction of sp³-hybridized carbons (Fsp3) is 0.316. The number of ether oxygens (including phenoxy) is 1. The third kappa shape index (κ3) is 5.31. The lowest BCUT2D eigenvalue weighted by Crippen LogP contribution is -2.32. The van der Waals surface area contributed by atoms with Crippen molar-refractivity contribution in [3.8, 4) is 5.75 Å². The maximum absolute atomic E-state index is 12.1. The summed E-state index contributed by atoms with van der Waals surface area (Å²) < 4.78 is 32.0. The van der Waals surface area contributed by atoms with Crippen LogP contribution in [-0.2, 0) is 14.8 Å². The van der Waals surface area contributed by atoms with E-state index in [0.717, 1.165) is 11.1 Å². The normalized spacial score (nSPS) is 12.4. The molecule has 26 heavy (non-hydrogen) atoms. The number of sulfonamides is 1. The van der Waals surface area contributed by atoms with Crippen molar-refractivity contribution in [1.29, 1.82) is 0 Å². The Labute approximate surface area is 154 Å². The zero-order valence-corrected chi connectivity index (χ0v) is 16.0. The Kier molecular flexibility index (Phi) is 6.76. The molecule has 0 bridgehead atoms. The van der Waals surface area contributed by atoms with E-state index in [1.807, 2.05) is 32.0 Å². The minimum Gasteiger partial charge on any atom is -0.496 e. The molecule has 0 aliphatic rings. The van der Waals surface area contributed by atoms with Gasteiger partial charge >= 0.3 is 0 Å². The van der Waals surface area contributed by atoms with Crippen LogP contribution in [0.2, 0.25) is 0 Å². The van der Waals surface area contributed by atoms with Gasteiger partial charge in [-0.05, 0) is 32.0 Å². The van der Waals surface area contributed by atoms with E-state index >= 15 is 0 Å². The lowest BCUT2D eigenvalue weighted by Gasteiger charge is -2.18. The molecule has 0 saturated carbocycles. The van der Waals surface area contributed by atoms with Gasteiger partial charge in [-0.2, -0.15) is 0 Å². The second kappa shape index (κ2) is 8.82. The highest BCUT2D eigenvalue weighted by atomic mass is 32.2. The molecule has 0 unspecified atom stereocenters. The Hall–Kier alpha value is -2.38. The van der Waals surface area contributed by atoms with Crippen LogP contribution in [0, 0.1) is 6.92 Å². The van der Waals surface area contributed by atoms with Crippen LogP contribution >= 0.6 is 0 Å². The lowest BCUT2D eigenvalue weighted by molar-refractivity contribution is -0.121. The van der Waals surface area contributed by atoms with Crippen molar-refractivity contribution in [2.24, 2.45) is 0 Å². The van der Waals surface area contributed by atoms with Crippen LogP contribution in [0.3, 0.4) is 0 Å². The highest BCUT2D eigenvalue weighted by Gasteiger charge is 2.16. The van der Waals surface area contributed by atoms with Gasteiger partial charge in [-0.25, -0.2) is 13.1 Å². The van der Waals surface area contributed by atoms with Crippen molar-refractivity contribution in [3.05, 3.63) is 59.7 Å². The van der Waals surface area contributed by atoms with Crippen molar-refractivity contribution >= 4 is 15.9 Å². The van der Waals surface area contributed by atoms with E-state index in [9.17, 15) is 13.2 Å². The van der Waals surface area contributed by atoms with Gasteiger partial charge in [0.1, 0.15) is 5.75 Å². The fourth-order valence-electron chi connectivity index (χ4n) is 2.57. The lowest BCUT2D eigenvalue weighted by atomic mass is 10.0. The van der Waals surface area contributed by atoms with Gasteiger partial charge in [0.05, 0.1) is 18.0 Å². The number of carbonyl (C=O) groups excluding carboxylic acids is 1. The van der Waals surface area contributed by atoms with Crippen molar-refractivity contribution < 1.29 is 17.9 Å². The third-order valence-electron chi connectivity index (χ3n) is 3.93. The van der Waals surface area contributed by atoms with E-state index in [0.29, 0.717) is 5.75 Å². The molecule has 2 aromatic carbocycles. The Balaban J connectivity index is 1.90. The van der Waals surface area contributed by atoms with Gasteiger partial charge in [0, 0.05) is 18.5 Å². The summed E-state index contributed by atoms with van der Waals surface area (Å²) in [5, 5.41) is 2.87. The van der Waals surface area contributed by atoms with Crippen LogP contribution in [0.5, 0.6) is 5.75 Å². The van der Waals surface area contributed by atoms with Gasteiger partial charge in [0.25, 0.3) is 0 Å². The number of hydrogen-bond acceptors (Lipinski definition) is 4. The Morgan fingerprint density at radius 3 is 2.50 bits per heavy atom. The number of amides is 1. The van der Waals surface area contributed by atoms with E-state index in [2.05, 4.69) is 10.0 Å². The summed E-state index contributed by atoms with van der Waals surface area (Å²) >= 11 is 0. The molecule has 0 radical (unpaired) electrons. The molecule has 2 rings (SSSR count). The van der Waals surface area contributed by atoms with Gasteiger partial charge in [0.2, 0.25) is 15.9 Å². The van der Waals surface area contributed by atoms with Crippen LogP contribution in [0.1, 0.15) is 30.5 Å². The quantitative estimate of drug-likeness (QED) is 0.741. The van der Waals surface area contributed by atoms with Crippen LogP contribution in [0.15, 0.2) is 53.4 Å². The van der Waals surface area contributed by atoms with Gasteiger partial charge in [-0.3, -0.25) is 4.79 Å². The Bertz CT molecular complexity index is 851. The first-order valence-corrected chi connectivity index (χ1v) is 9.80. The highest BCUT2D eigenvalue weighted by Crippen LogP contribution is 2.26. The number of aryl methyl sites for hydroxylation is 1. The molecular formula is C19H24N2O4S. The van der Waals surface area contributed by atoms with Gasteiger partial charge in [0.15, 0.2) is 0 Å². The van der Waals surface area contributed by atoms with Crippen LogP contribution in [-0.4, -0.2) is 28.0 Å². The number of hydrogen-bond donors (Lipinski definition) is 2. The number of benzene rings is 2.